The van der Waals surface area contributed by atoms with Crippen molar-refractivity contribution in [1.82, 2.24) is 9.80 Å². The van der Waals surface area contributed by atoms with Gasteiger partial charge in [0.25, 0.3) is 0 Å². The van der Waals surface area contributed by atoms with E-state index in [2.05, 4.69) is 47.2 Å². The van der Waals surface area contributed by atoms with Gasteiger partial charge in [0, 0.05) is 45.1 Å². The van der Waals surface area contributed by atoms with E-state index >= 15 is 0 Å². The third kappa shape index (κ3) is 4.30. The highest BCUT2D eigenvalue weighted by molar-refractivity contribution is 5.15. The summed E-state index contributed by atoms with van der Waals surface area (Å²) in [5.41, 5.74) is 1.47. The van der Waals surface area contributed by atoms with Crippen LogP contribution in [0, 0.1) is 5.92 Å². The Kier molecular flexibility index (Phi) is 5.94. The Balaban J connectivity index is 1.40. The van der Waals surface area contributed by atoms with Crippen LogP contribution in [0.5, 0.6) is 0 Å². The molecule has 144 valence electrons. The summed E-state index contributed by atoms with van der Waals surface area (Å²) in [7, 11) is 2.25. The molecule has 2 heterocycles. The summed E-state index contributed by atoms with van der Waals surface area (Å²) < 4.78 is 11.9. The second-order valence-electron chi connectivity index (χ2n) is 8.38. The van der Waals surface area contributed by atoms with Crippen LogP contribution in [0.1, 0.15) is 37.7 Å². The molecule has 4 heteroatoms. The fourth-order valence-corrected chi connectivity index (χ4v) is 5.08. The first kappa shape index (κ1) is 18.4. The van der Waals surface area contributed by atoms with Crippen molar-refractivity contribution >= 4 is 0 Å². The van der Waals surface area contributed by atoms with E-state index in [0.717, 1.165) is 32.0 Å². The number of likely N-dealkylation sites (N-methyl/N-ethyl adjacent to an activating group) is 1. The van der Waals surface area contributed by atoms with Crippen LogP contribution >= 0.6 is 0 Å². The van der Waals surface area contributed by atoms with Crippen LogP contribution in [0.3, 0.4) is 0 Å². The van der Waals surface area contributed by atoms with Crippen LogP contribution in [0.2, 0.25) is 0 Å². The van der Waals surface area contributed by atoms with Gasteiger partial charge in [0.2, 0.25) is 0 Å². The van der Waals surface area contributed by atoms with Gasteiger partial charge in [-0.25, -0.2) is 0 Å². The molecule has 0 amide bonds. The average Bonchev–Trinajstić information content (AvgIpc) is 3.14. The summed E-state index contributed by atoms with van der Waals surface area (Å²) in [4.78, 5) is 5.24. The molecule has 0 aromatic heterocycles. The first-order chi connectivity index (χ1) is 12.7. The molecule has 1 aromatic carbocycles. The molecule has 26 heavy (non-hydrogen) atoms. The van der Waals surface area contributed by atoms with Crippen LogP contribution in [0.15, 0.2) is 30.3 Å². The van der Waals surface area contributed by atoms with E-state index in [1.165, 1.54) is 57.4 Å². The lowest BCUT2D eigenvalue weighted by Gasteiger charge is -2.45. The Morgan fingerprint density at radius 2 is 1.65 bits per heavy atom. The lowest BCUT2D eigenvalue weighted by molar-refractivity contribution is -0.185. The van der Waals surface area contributed by atoms with Crippen LogP contribution in [0.4, 0.5) is 0 Å². The van der Waals surface area contributed by atoms with Gasteiger partial charge in [-0.2, -0.15) is 0 Å². The number of piperazine rings is 1. The number of hydrogen-bond donors (Lipinski definition) is 0. The number of aryl methyl sites for hydroxylation is 1. The van der Waals surface area contributed by atoms with Crippen LogP contribution in [-0.4, -0.2) is 68.1 Å². The van der Waals surface area contributed by atoms with Crippen molar-refractivity contribution in [2.24, 2.45) is 5.92 Å². The van der Waals surface area contributed by atoms with E-state index in [1.54, 1.807) is 0 Å². The topological polar surface area (TPSA) is 24.9 Å². The Bertz CT molecular complexity index is 541. The maximum absolute atomic E-state index is 5.96. The van der Waals surface area contributed by atoms with E-state index in [-0.39, 0.29) is 5.79 Å². The van der Waals surface area contributed by atoms with Gasteiger partial charge in [-0.3, -0.25) is 4.90 Å². The van der Waals surface area contributed by atoms with Crippen LogP contribution < -0.4 is 0 Å². The zero-order valence-corrected chi connectivity index (χ0v) is 16.2. The molecule has 2 aliphatic heterocycles. The van der Waals surface area contributed by atoms with Gasteiger partial charge < -0.3 is 14.4 Å². The van der Waals surface area contributed by atoms with Crippen LogP contribution in [0.25, 0.3) is 0 Å². The van der Waals surface area contributed by atoms with Gasteiger partial charge in [0.1, 0.15) is 0 Å². The predicted octanol–water partition coefficient (Wildman–Crippen LogP) is 3.17. The maximum atomic E-state index is 5.96. The fraction of sp³-hybridized carbons (Fsp3) is 0.727. The Labute approximate surface area is 158 Å². The second kappa shape index (κ2) is 8.39. The smallest absolute Gasteiger partial charge is 0.168 e. The molecule has 3 aliphatic rings. The van der Waals surface area contributed by atoms with Gasteiger partial charge in [-0.1, -0.05) is 30.3 Å². The SMILES string of the molecule is CN1CCN(C(CCc2ccccc2)C2CCC3(CC2)OCCO3)CC1. The summed E-state index contributed by atoms with van der Waals surface area (Å²) in [5, 5.41) is 0. The predicted molar refractivity (Wildman–Crippen MR) is 104 cm³/mol. The summed E-state index contributed by atoms with van der Waals surface area (Å²) in [5.74, 6) is 0.545. The molecule has 1 unspecified atom stereocenters. The number of rotatable bonds is 5. The lowest BCUT2D eigenvalue weighted by Crippen LogP contribution is -2.52. The minimum absolute atomic E-state index is 0.234. The molecule has 1 aliphatic carbocycles. The van der Waals surface area contributed by atoms with Crippen molar-refractivity contribution in [1.29, 1.82) is 0 Å². The minimum atomic E-state index is -0.234. The van der Waals surface area contributed by atoms with E-state index in [0.29, 0.717) is 6.04 Å². The molecular formula is C22H34N2O2. The van der Waals surface area contributed by atoms with Crippen molar-refractivity contribution in [3.05, 3.63) is 35.9 Å². The quantitative estimate of drug-likeness (QED) is 0.807. The Hall–Kier alpha value is -0.940. The summed E-state index contributed by atoms with van der Waals surface area (Å²) in [6.07, 6.45) is 7.09. The Morgan fingerprint density at radius 3 is 2.31 bits per heavy atom. The summed E-state index contributed by atoms with van der Waals surface area (Å²) in [6, 6.07) is 11.7. The summed E-state index contributed by atoms with van der Waals surface area (Å²) in [6.45, 7) is 6.38. The number of ether oxygens (including phenoxy) is 2. The average molecular weight is 359 g/mol. The van der Waals surface area contributed by atoms with E-state index in [9.17, 15) is 0 Å². The molecule has 0 bridgehead atoms. The minimum Gasteiger partial charge on any atom is -0.348 e. The van der Waals surface area contributed by atoms with Gasteiger partial charge in [-0.15, -0.1) is 0 Å². The molecule has 3 fully saturated rings. The molecule has 1 atom stereocenters. The molecule has 1 saturated carbocycles. The number of nitrogens with zero attached hydrogens (tertiary/aromatic N) is 2. The lowest BCUT2D eigenvalue weighted by atomic mass is 9.78. The molecule has 0 radical (unpaired) electrons. The highest BCUT2D eigenvalue weighted by Gasteiger charge is 2.42. The van der Waals surface area contributed by atoms with E-state index in [4.69, 9.17) is 9.47 Å². The number of benzene rings is 1. The molecule has 1 spiro atoms. The second-order valence-corrected chi connectivity index (χ2v) is 8.38. The van der Waals surface area contributed by atoms with Gasteiger partial charge >= 0.3 is 0 Å². The van der Waals surface area contributed by atoms with Gasteiger partial charge in [-0.05, 0) is 44.2 Å². The molecule has 1 aromatic rings. The summed E-state index contributed by atoms with van der Waals surface area (Å²) >= 11 is 0. The molecule has 0 N–H and O–H groups in total. The maximum Gasteiger partial charge on any atom is 0.168 e. The normalized spacial score (nSPS) is 26.3. The number of hydrogen-bond acceptors (Lipinski definition) is 4. The van der Waals surface area contributed by atoms with Crippen molar-refractivity contribution in [2.45, 2.75) is 50.4 Å². The first-order valence-electron chi connectivity index (χ1n) is 10.5. The van der Waals surface area contributed by atoms with Gasteiger partial charge in [0.05, 0.1) is 13.2 Å². The highest BCUT2D eigenvalue weighted by Crippen LogP contribution is 2.41. The molecular weight excluding hydrogens is 324 g/mol. The van der Waals surface area contributed by atoms with Crippen molar-refractivity contribution in [3.63, 3.8) is 0 Å². The van der Waals surface area contributed by atoms with E-state index in [1.807, 2.05) is 0 Å². The molecule has 4 nitrogen and oxygen atoms in total. The van der Waals surface area contributed by atoms with E-state index < -0.39 is 0 Å². The molecule has 4 rings (SSSR count). The standard InChI is InChI=1S/C22H34N2O2/c1-23-13-15-24(16-14-23)21(8-7-19-5-3-2-4-6-19)20-9-11-22(12-10-20)25-17-18-26-22/h2-6,20-21H,7-18H2,1H3. The molecule has 2 saturated heterocycles. The highest BCUT2D eigenvalue weighted by atomic mass is 16.7. The van der Waals surface area contributed by atoms with Crippen molar-refractivity contribution in [2.75, 3.05) is 46.4 Å². The van der Waals surface area contributed by atoms with Crippen molar-refractivity contribution < 1.29 is 9.47 Å². The largest absolute Gasteiger partial charge is 0.348 e. The zero-order chi connectivity index (χ0) is 17.8. The zero-order valence-electron chi connectivity index (χ0n) is 16.2. The third-order valence-electron chi connectivity index (χ3n) is 6.73. The third-order valence-corrected chi connectivity index (χ3v) is 6.73. The first-order valence-corrected chi connectivity index (χ1v) is 10.5. The van der Waals surface area contributed by atoms with Crippen LogP contribution in [-0.2, 0) is 15.9 Å². The fourth-order valence-electron chi connectivity index (χ4n) is 5.08. The van der Waals surface area contributed by atoms with Gasteiger partial charge in [0.15, 0.2) is 5.79 Å². The monoisotopic (exact) mass is 358 g/mol. The Morgan fingerprint density at radius 1 is 1.00 bits per heavy atom. The van der Waals surface area contributed by atoms with Crippen molar-refractivity contribution in [3.8, 4) is 0 Å².